The standard InChI is InChI=1S/C14H14O4/c1-17-12-4-2-10(3-5-12)13(15)8-14(16)11-6-7-18-9-11/h2-5,9H,6-8H2,1H3. The van der Waals surface area contributed by atoms with Gasteiger partial charge in [0.25, 0.3) is 0 Å². The van der Waals surface area contributed by atoms with Gasteiger partial charge in [0, 0.05) is 17.6 Å². The van der Waals surface area contributed by atoms with E-state index >= 15 is 0 Å². The van der Waals surface area contributed by atoms with Crippen molar-refractivity contribution in [3.8, 4) is 5.75 Å². The van der Waals surface area contributed by atoms with Crippen molar-refractivity contribution in [3.63, 3.8) is 0 Å². The molecule has 0 aromatic heterocycles. The predicted octanol–water partition coefficient (Wildman–Crippen LogP) is 2.14. The highest BCUT2D eigenvalue weighted by Gasteiger charge is 2.18. The fourth-order valence-corrected chi connectivity index (χ4v) is 1.73. The second kappa shape index (κ2) is 5.49. The van der Waals surface area contributed by atoms with Crippen molar-refractivity contribution < 1.29 is 19.1 Å². The van der Waals surface area contributed by atoms with Crippen LogP contribution in [0.1, 0.15) is 23.2 Å². The molecule has 0 atom stereocenters. The van der Waals surface area contributed by atoms with Crippen LogP contribution >= 0.6 is 0 Å². The molecule has 0 radical (unpaired) electrons. The fourth-order valence-electron chi connectivity index (χ4n) is 1.73. The number of hydrogen-bond acceptors (Lipinski definition) is 4. The number of carbonyl (C=O) groups is 2. The molecule has 2 rings (SSSR count). The van der Waals surface area contributed by atoms with Crippen LogP contribution < -0.4 is 4.74 Å². The highest BCUT2D eigenvalue weighted by Crippen LogP contribution is 2.16. The molecule has 0 spiro atoms. The maximum Gasteiger partial charge on any atom is 0.170 e. The molecule has 0 bridgehead atoms. The molecule has 0 saturated carbocycles. The largest absolute Gasteiger partial charge is 0.500 e. The molecule has 1 aromatic carbocycles. The lowest BCUT2D eigenvalue weighted by molar-refractivity contribution is -0.114. The summed E-state index contributed by atoms with van der Waals surface area (Å²) in [5, 5.41) is 0. The number of ketones is 2. The summed E-state index contributed by atoms with van der Waals surface area (Å²) in [6, 6.07) is 6.73. The third-order valence-electron chi connectivity index (χ3n) is 2.81. The number of benzene rings is 1. The molecule has 0 N–H and O–H groups in total. The highest BCUT2D eigenvalue weighted by atomic mass is 16.5. The van der Waals surface area contributed by atoms with Gasteiger partial charge in [-0.15, -0.1) is 0 Å². The summed E-state index contributed by atoms with van der Waals surface area (Å²) in [6.07, 6.45) is 1.93. The summed E-state index contributed by atoms with van der Waals surface area (Å²) in [7, 11) is 1.56. The van der Waals surface area contributed by atoms with E-state index in [-0.39, 0.29) is 18.0 Å². The van der Waals surface area contributed by atoms with Crippen molar-refractivity contribution in [1.29, 1.82) is 0 Å². The summed E-state index contributed by atoms with van der Waals surface area (Å²) in [5.41, 5.74) is 1.11. The maximum atomic E-state index is 11.9. The Morgan fingerprint density at radius 1 is 1.22 bits per heavy atom. The van der Waals surface area contributed by atoms with Crippen molar-refractivity contribution in [1.82, 2.24) is 0 Å². The molecule has 94 valence electrons. The lowest BCUT2D eigenvalue weighted by Crippen LogP contribution is -2.09. The van der Waals surface area contributed by atoms with Crippen molar-refractivity contribution in [3.05, 3.63) is 41.7 Å². The molecule has 1 aliphatic rings. The highest BCUT2D eigenvalue weighted by molar-refractivity contribution is 6.13. The van der Waals surface area contributed by atoms with Gasteiger partial charge in [-0.1, -0.05) is 0 Å². The first-order valence-electron chi connectivity index (χ1n) is 5.72. The second-order valence-corrected chi connectivity index (χ2v) is 4.02. The first-order valence-corrected chi connectivity index (χ1v) is 5.72. The monoisotopic (exact) mass is 246 g/mol. The summed E-state index contributed by atoms with van der Waals surface area (Å²) < 4.78 is 9.99. The van der Waals surface area contributed by atoms with Gasteiger partial charge in [0.2, 0.25) is 0 Å². The van der Waals surface area contributed by atoms with Crippen LogP contribution in [0.15, 0.2) is 36.1 Å². The molecule has 0 fully saturated rings. The van der Waals surface area contributed by atoms with Crippen molar-refractivity contribution in [2.45, 2.75) is 12.8 Å². The van der Waals surface area contributed by atoms with Crippen LogP contribution in [-0.4, -0.2) is 25.3 Å². The molecule has 1 aromatic rings. The predicted molar refractivity (Wildman–Crippen MR) is 65.6 cm³/mol. The summed E-state index contributed by atoms with van der Waals surface area (Å²) >= 11 is 0. The van der Waals surface area contributed by atoms with E-state index in [0.717, 1.165) is 0 Å². The van der Waals surface area contributed by atoms with E-state index in [0.29, 0.717) is 29.9 Å². The van der Waals surface area contributed by atoms with E-state index < -0.39 is 0 Å². The van der Waals surface area contributed by atoms with Gasteiger partial charge in [-0.3, -0.25) is 9.59 Å². The number of carbonyl (C=O) groups excluding carboxylic acids is 2. The quantitative estimate of drug-likeness (QED) is 0.590. The van der Waals surface area contributed by atoms with Gasteiger partial charge in [-0.2, -0.15) is 0 Å². The second-order valence-electron chi connectivity index (χ2n) is 4.02. The molecule has 4 heteroatoms. The Hall–Kier alpha value is -2.10. The molecule has 4 nitrogen and oxygen atoms in total. The van der Waals surface area contributed by atoms with Gasteiger partial charge in [0.1, 0.15) is 5.75 Å². The number of hydrogen-bond donors (Lipinski definition) is 0. The normalized spacial score (nSPS) is 13.7. The Morgan fingerprint density at radius 2 is 1.94 bits per heavy atom. The van der Waals surface area contributed by atoms with Crippen LogP contribution in [0.3, 0.4) is 0 Å². The molecule has 0 amide bonds. The molecule has 0 saturated heterocycles. The molecular weight excluding hydrogens is 232 g/mol. The van der Waals surface area contributed by atoms with E-state index in [1.165, 1.54) is 6.26 Å². The lowest BCUT2D eigenvalue weighted by atomic mass is 10.0. The van der Waals surface area contributed by atoms with Crippen LogP contribution in [0.2, 0.25) is 0 Å². The van der Waals surface area contributed by atoms with Crippen molar-refractivity contribution >= 4 is 11.6 Å². The number of methoxy groups -OCH3 is 1. The Kier molecular flexibility index (Phi) is 3.77. The minimum Gasteiger partial charge on any atom is -0.500 e. The van der Waals surface area contributed by atoms with E-state index in [2.05, 4.69) is 0 Å². The van der Waals surface area contributed by atoms with Crippen LogP contribution in [0, 0.1) is 0 Å². The molecule has 1 aliphatic heterocycles. The first kappa shape index (κ1) is 12.4. The van der Waals surface area contributed by atoms with E-state index in [1.807, 2.05) is 0 Å². The lowest BCUT2D eigenvalue weighted by Gasteiger charge is -2.02. The summed E-state index contributed by atoms with van der Waals surface area (Å²) in [5.74, 6) is 0.341. The van der Waals surface area contributed by atoms with E-state index in [9.17, 15) is 9.59 Å². The Labute approximate surface area is 105 Å². The third kappa shape index (κ3) is 2.77. The number of rotatable bonds is 5. The van der Waals surface area contributed by atoms with Gasteiger partial charge in [-0.25, -0.2) is 0 Å². The van der Waals surface area contributed by atoms with Crippen molar-refractivity contribution in [2.75, 3.05) is 13.7 Å². The Morgan fingerprint density at radius 3 is 2.50 bits per heavy atom. The Balaban J connectivity index is 2.00. The number of ether oxygens (including phenoxy) is 2. The minimum absolute atomic E-state index is 0.110. The van der Waals surface area contributed by atoms with Gasteiger partial charge in [0.05, 0.1) is 26.4 Å². The SMILES string of the molecule is COc1ccc(C(=O)CC(=O)C2=COCC2)cc1. The molecule has 0 aliphatic carbocycles. The number of Topliss-reactive ketones (excluding diaryl/α,β-unsaturated/α-hetero) is 2. The van der Waals surface area contributed by atoms with Gasteiger partial charge in [-0.05, 0) is 24.3 Å². The topological polar surface area (TPSA) is 52.6 Å². The van der Waals surface area contributed by atoms with Crippen LogP contribution in [0.25, 0.3) is 0 Å². The summed E-state index contributed by atoms with van der Waals surface area (Å²) in [6.45, 7) is 0.526. The Bertz CT molecular complexity index is 485. The average molecular weight is 246 g/mol. The zero-order chi connectivity index (χ0) is 13.0. The third-order valence-corrected chi connectivity index (χ3v) is 2.81. The van der Waals surface area contributed by atoms with Crippen molar-refractivity contribution in [2.24, 2.45) is 0 Å². The fraction of sp³-hybridized carbons (Fsp3) is 0.286. The average Bonchev–Trinajstić information content (AvgIpc) is 2.92. The van der Waals surface area contributed by atoms with E-state index in [4.69, 9.17) is 9.47 Å². The molecular formula is C14H14O4. The van der Waals surface area contributed by atoms with Gasteiger partial charge < -0.3 is 9.47 Å². The smallest absolute Gasteiger partial charge is 0.170 e. The zero-order valence-electron chi connectivity index (χ0n) is 10.1. The van der Waals surface area contributed by atoms with Crippen LogP contribution in [0.5, 0.6) is 5.75 Å². The maximum absolute atomic E-state index is 11.9. The summed E-state index contributed by atoms with van der Waals surface area (Å²) in [4.78, 5) is 23.6. The molecule has 18 heavy (non-hydrogen) atoms. The minimum atomic E-state index is -0.185. The molecule has 0 unspecified atom stereocenters. The first-order chi connectivity index (χ1) is 8.70. The van der Waals surface area contributed by atoms with Crippen LogP contribution in [0.4, 0.5) is 0 Å². The zero-order valence-corrected chi connectivity index (χ0v) is 10.1. The van der Waals surface area contributed by atoms with Gasteiger partial charge in [0.15, 0.2) is 11.6 Å². The molecule has 1 heterocycles. The van der Waals surface area contributed by atoms with Crippen LogP contribution in [-0.2, 0) is 9.53 Å². The van der Waals surface area contributed by atoms with Gasteiger partial charge >= 0.3 is 0 Å². The van der Waals surface area contributed by atoms with E-state index in [1.54, 1.807) is 31.4 Å².